The van der Waals surface area contributed by atoms with Crippen LogP contribution in [0.15, 0.2) is 69.0 Å². The maximum Gasteiger partial charge on any atom is 0.251 e. The number of thioether (sulfide) groups is 2. The molecule has 0 aliphatic carbocycles. The molecule has 0 saturated carbocycles. The summed E-state index contributed by atoms with van der Waals surface area (Å²) < 4.78 is 34.9. The van der Waals surface area contributed by atoms with Gasteiger partial charge < -0.3 is 10.1 Å². The van der Waals surface area contributed by atoms with E-state index in [0.29, 0.717) is 48.0 Å². The van der Waals surface area contributed by atoms with Gasteiger partial charge in [-0.1, -0.05) is 60.0 Å². The molecule has 2 amide bonds. The first kappa shape index (κ1) is 31.1. The molecule has 0 unspecified atom stereocenters. The van der Waals surface area contributed by atoms with Crippen LogP contribution in [0.1, 0.15) is 23.1 Å². The molecule has 0 bridgehead atoms. The number of anilines is 1. The van der Waals surface area contributed by atoms with E-state index in [2.05, 4.69) is 31.0 Å². The summed E-state index contributed by atoms with van der Waals surface area (Å²) in [5, 5.41) is 23.1. The summed E-state index contributed by atoms with van der Waals surface area (Å²) in [6, 6.07) is 15.2. The summed E-state index contributed by atoms with van der Waals surface area (Å²) in [7, 11) is -3.66. The molecule has 1 saturated heterocycles. The van der Waals surface area contributed by atoms with Crippen LogP contribution in [0.2, 0.25) is 0 Å². The molecule has 0 radical (unpaired) electrons. The molecule has 1 aliphatic heterocycles. The van der Waals surface area contributed by atoms with Crippen molar-refractivity contribution >= 4 is 61.8 Å². The van der Waals surface area contributed by atoms with Gasteiger partial charge in [0.15, 0.2) is 15.3 Å². The van der Waals surface area contributed by atoms with Crippen LogP contribution in [-0.4, -0.2) is 87.3 Å². The maximum absolute atomic E-state index is 13.0. The van der Waals surface area contributed by atoms with Crippen LogP contribution >= 0.6 is 34.9 Å². The van der Waals surface area contributed by atoms with E-state index in [4.69, 9.17) is 4.74 Å². The largest absolute Gasteiger partial charge is 0.379 e. The third-order valence-electron chi connectivity index (χ3n) is 6.10. The van der Waals surface area contributed by atoms with Gasteiger partial charge in [0.2, 0.25) is 21.1 Å². The van der Waals surface area contributed by atoms with Crippen molar-refractivity contribution in [1.29, 1.82) is 0 Å². The van der Waals surface area contributed by atoms with Gasteiger partial charge in [0, 0.05) is 24.3 Å². The fourth-order valence-corrected chi connectivity index (χ4v) is 7.89. The fourth-order valence-electron chi connectivity index (χ4n) is 4.05. The first-order chi connectivity index (χ1) is 20.8. The van der Waals surface area contributed by atoms with Crippen molar-refractivity contribution in [1.82, 2.24) is 34.6 Å². The highest BCUT2D eigenvalue weighted by Gasteiger charge is 2.26. The van der Waals surface area contributed by atoms with Crippen molar-refractivity contribution in [3.8, 4) is 5.69 Å². The second-order valence-electron chi connectivity index (χ2n) is 8.94. The van der Waals surface area contributed by atoms with Gasteiger partial charge in [0.25, 0.3) is 5.91 Å². The summed E-state index contributed by atoms with van der Waals surface area (Å²) in [5.74, 6) is 0.726. The quantitative estimate of drug-likeness (QED) is 0.170. The molecule has 2 aromatic heterocycles. The number of carbonyl (C=O) groups excluding carboxylic acids is 2. The van der Waals surface area contributed by atoms with E-state index in [1.165, 1.54) is 51.7 Å². The highest BCUT2D eigenvalue weighted by atomic mass is 32.2. The van der Waals surface area contributed by atoms with E-state index >= 15 is 0 Å². The van der Waals surface area contributed by atoms with Crippen molar-refractivity contribution in [3.63, 3.8) is 0 Å². The van der Waals surface area contributed by atoms with E-state index < -0.39 is 15.9 Å². The lowest BCUT2D eigenvalue weighted by Crippen LogP contribution is -2.40. The SMILES string of the molecule is CCSc1nnc(NC(=O)CSc2nnc(CNC(=O)c3ccc(S(=O)(=O)N4CCOCC4)cc3)n2-c2ccccc2)s1. The van der Waals surface area contributed by atoms with Crippen LogP contribution in [0, 0.1) is 0 Å². The molecule has 17 heteroatoms. The zero-order chi connectivity index (χ0) is 30.2. The predicted molar refractivity (Wildman–Crippen MR) is 164 cm³/mol. The first-order valence-electron chi connectivity index (χ1n) is 13.2. The van der Waals surface area contributed by atoms with Gasteiger partial charge >= 0.3 is 0 Å². The third kappa shape index (κ3) is 7.79. The number of nitrogens with zero attached hydrogens (tertiary/aromatic N) is 6. The molecular formula is C26H28N8O5S4. The molecule has 1 fully saturated rings. The predicted octanol–water partition coefficient (Wildman–Crippen LogP) is 2.91. The molecule has 13 nitrogen and oxygen atoms in total. The molecule has 226 valence electrons. The average molecular weight is 661 g/mol. The smallest absolute Gasteiger partial charge is 0.251 e. The van der Waals surface area contributed by atoms with E-state index in [0.717, 1.165) is 15.8 Å². The summed E-state index contributed by atoms with van der Waals surface area (Å²) >= 11 is 4.07. The number of benzene rings is 2. The standard InChI is InChI=1S/C26H28N8O5S4/c1-2-40-26-32-30-24(42-26)28-22(35)17-41-25-31-29-21(34(25)19-6-4-3-5-7-19)16-27-23(36)18-8-10-20(11-9-18)43(37,38)33-12-14-39-15-13-33/h3-11H,2,12-17H2,1H3,(H,27,36)(H,28,30,35). The third-order valence-corrected chi connectivity index (χ3v) is 10.8. The summed E-state index contributed by atoms with van der Waals surface area (Å²) in [6.45, 7) is 3.35. The van der Waals surface area contributed by atoms with E-state index in [1.807, 2.05) is 37.3 Å². The van der Waals surface area contributed by atoms with E-state index in [1.54, 1.807) is 16.3 Å². The molecule has 2 aromatic carbocycles. The lowest BCUT2D eigenvalue weighted by molar-refractivity contribution is -0.113. The molecule has 43 heavy (non-hydrogen) atoms. The average Bonchev–Trinajstić information content (AvgIpc) is 3.66. The highest BCUT2D eigenvalue weighted by molar-refractivity contribution is 8.01. The second kappa shape index (κ2) is 14.4. The number of para-hydroxylation sites is 1. The zero-order valence-electron chi connectivity index (χ0n) is 23.0. The van der Waals surface area contributed by atoms with E-state index in [-0.39, 0.29) is 23.1 Å². The normalized spacial score (nSPS) is 14.0. The van der Waals surface area contributed by atoms with Crippen LogP contribution in [0.3, 0.4) is 0 Å². The molecule has 4 aromatic rings. The number of ether oxygens (including phenoxy) is 1. The van der Waals surface area contributed by atoms with Gasteiger partial charge in [-0.3, -0.25) is 19.5 Å². The van der Waals surface area contributed by atoms with Crippen molar-refractivity contribution in [3.05, 3.63) is 66.0 Å². The maximum atomic E-state index is 13.0. The van der Waals surface area contributed by atoms with Crippen molar-refractivity contribution in [2.45, 2.75) is 27.9 Å². The zero-order valence-corrected chi connectivity index (χ0v) is 26.3. The number of sulfonamides is 1. The van der Waals surface area contributed by atoms with Gasteiger partial charge in [0.1, 0.15) is 0 Å². The Morgan fingerprint density at radius 3 is 2.44 bits per heavy atom. The van der Waals surface area contributed by atoms with Crippen molar-refractivity contribution in [2.24, 2.45) is 0 Å². The number of hydrogen-bond donors (Lipinski definition) is 2. The molecular weight excluding hydrogens is 633 g/mol. The van der Waals surface area contributed by atoms with Gasteiger partial charge in [-0.2, -0.15) is 4.31 Å². The molecule has 3 heterocycles. The van der Waals surface area contributed by atoms with Crippen LogP contribution in [0.4, 0.5) is 5.13 Å². The molecule has 0 atom stereocenters. The summed E-state index contributed by atoms with van der Waals surface area (Å²) in [5.41, 5.74) is 1.07. The van der Waals surface area contributed by atoms with Gasteiger partial charge in [-0.25, -0.2) is 8.42 Å². The Bertz CT molecular complexity index is 1660. The van der Waals surface area contributed by atoms with E-state index in [9.17, 15) is 18.0 Å². The number of morpholine rings is 1. The van der Waals surface area contributed by atoms with Gasteiger partial charge in [-0.05, 0) is 42.2 Å². The molecule has 5 rings (SSSR count). The molecule has 2 N–H and O–H groups in total. The number of aromatic nitrogens is 5. The number of carbonyl (C=O) groups is 2. The minimum atomic E-state index is -3.66. The first-order valence-corrected chi connectivity index (χ1v) is 17.4. The highest BCUT2D eigenvalue weighted by Crippen LogP contribution is 2.26. The molecule has 1 aliphatic rings. The number of hydrogen-bond acceptors (Lipinski definition) is 12. The topological polar surface area (TPSA) is 161 Å². The number of amides is 2. The van der Waals surface area contributed by atoms with Gasteiger partial charge in [0.05, 0.1) is 30.4 Å². The Labute approximate surface area is 260 Å². The number of nitrogens with one attached hydrogen (secondary N) is 2. The minimum absolute atomic E-state index is 0.0456. The Kier molecular flexibility index (Phi) is 10.4. The van der Waals surface area contributed by atoms with Crippen molar-refractivity contribution in [2.75, 3.05) is 43.1 Å². The Hall–Kier alpha value is -3.35. The second-order valence-corrected chi connectivity index (χ2v) is 14.3. The fraction of sp³-hybridized carbons (Fsp3) is 0.308. The van der Waals surface area contributed by atoms with Crippen LogP contribution in [0.25, 0.3) is 5.69 Å². The van der Waals surface area contributed by atoms with Crippen LogP contribution in [0.5, 0.6) is 0 Å². The Morgan fingerprint density at radius 1 is 0.977 bits per heavy atom. The van der Waals surface area contributed by atoms with Crippen molar-refractivity contribution < 1.29 is 22.7 Å². The summed E-state index contributed by atoms with van der Waals surface area (Å²) in [6.07, 6.45) is 0. The van der Waals surface area contributed by atoms with Crippen LogP contribution < -0.4 is 10.6 Å². The summed E-state index contributed by atoms with van der Waals surface area (Å²) in [4.78, 5) is 25.7. The Morgan fingerprint density at radius 2 is 1.72 bits per heavy atom. The number of rotatable bonds is 12. The van der Waals surface area contributed by atoms with Crippen LogP contribution in [-0.2, 0) is 26.1 Å². The lowest BCUT2D eigenvalue weighted by Gasteiger charge is -2.26. The Balaban J connectivity index is 1.24. The lowest BCUT2D eigenvalue weighted by atomic mass is 10.2. The molecule has 0 spiro atoms. The monoisotopic (exact) mass is 660 g/mol. The minimum Gasteiger partial charge on any atom is -0.379 e. The van der Waals surface area contributed by atoms with Gasteiger partial charge in [-0.15, -0.1) is 20.4 Å².